The SMILES string of the molecule is C=CCn1c(C)cc(C(=O)COC(=O)CNS(=O)(=O)c2ccc(C)c(C)c2)c1C. The molecule has 0 saturated heterocycles. The summed E-state index contributed by atoms with van der Waals surface area (Å²) in [6.45, 7) is 10.6. The van der Waals surface area contributed by atoms with E-state index in [1.165, 1.54) is 12.1 Å². The van der Waals surface area contributed by atoms with Crippen molar-refractivity contribution in [3.8, 4) is 0 Å². The third-order valence-electron chi connectivity index (χ3n) is 4.75. The van der Waals surface area contributed by atoms with Crippen LogP contribution in [0.1, 0.15) is 32.9 Å². The van der Waals surface area contributed by atoms with E-state index < -0.39 is 29.1 Å². The number of hydrogen-bond donors (Lipinski definition) is 1. The van der Waals surface area contributed by atoms with Crippen molar-refractivity contribution in [1.82, 2.24) is 9.29 Å². The summed E-state index contributed by atoms with van der Waals surface area (Å²) in [4.78, 5) is 24.4. The van der Waals surface area contributed by atoms with Crippen LogP contribution in [-0.4, -0.2) is 37.9 Å². The van der Waals surface area contributed by atoms with Crippen LogP contribution in [0, 0.1) is 27.7 Å². The Labute approximate surface area is 171 Å². The Kier molecular flexibility index (Phi) is 7.16. The number of aromatic nitrogens is 1. The number of carbonyl (C=O) groups is 2. The number of rotatable bonds is 9. The molecule has 1 aromatic carbocycles. The van der Waals surface area contributed by atoms with E-state index in [-0.39, 0.29) is 10.7 Å². The number of nitrogens with zero attached hydrogens (tertiary/aromatic N) is 1. The van der Waals surface area contributed by atoms with Gasteiger partial charge in [-0.2, -0.15) is 4.72 Å². The van der Waals surface area contributed by atoms with Crippen LogP contribution in [0.4, 0.5) is 0 Å². The van der Waals surface area contributed by atoms with E-state index >= 15 is 0 Å². The lowest BCUT2D eigenvalue weighted by atomic mass is 10.1. The lowest BCUT2D eigenvalue weighted by Crippen LogP contribution is -2.31. The minimum absolute atomic E-state index is 0.0686. The number of Topliss-reactive ketones (excluding diaryl/α,β-unsaturated/α-hetero) is 1. The smallest absolute Gasteiger partial charge is 0.321 e. The fourth-order valence-corrected chi connectivity index (χ4v) is 3.94. The summed E-state index contributed by atoms with van der Waals surface area (Å²) >= 11 is 0. The van der Waals surface area contributed by atoms with Crippen molar-refractivity contribution in [1.29, 1.82) is 0 Å². The lowest BCUT2D eigenvalue weighted by Gasteiger charge is -2.09. The molecule has 0 unspecified atom stereocenters. The van der Waals surface area contributed by atoms with E-state index in [0.29, 0.717) is 12.1 Å². The van der Waals surface area contributed by atoms with Gasteiger partial charge in [-0.15, -0.1) is 6.58 Å². The average molecular weight is 419 g/mol. The van der Waals surface area contributed by atoms with Crippen LogP contribution in [-0.2, 0) is 26.1 Å². The van der Waals surface area contributed by atoms with Gasteiger partial charge >= 0.3 is 5.97 Å². The minimum atomic E-state index is -3.85. The van der Waals surface area contributed by atoms with E-state index in [0.717, 1.165) is 22.5 Å². The molecule has 0 bridgehead atoms. The van der Waals surface area contributed by atoms with Gasteiger partial charge in [0, 0.05) is 23.5 Å². The first-order valence-corrected chi connectivity index (χ1v) is 10.6. The molecular formula is C21H26N2O5S. The molecule has 2 aromatic rings. The number of allylic oxidation sites excluding steroid dienone is 1. The summed E-state index contributed by atoms with van der Waals surface area (Å²) in [5, 5.41) is 0. The Balaban J connectivity index is 1.94. The van der Waals surface area contributed by atoms with E-state index in [2.05, 4.69) is 11.3 Å². The number of benzene rings is 1. The van der Waals surface area contributed by atoms with Crippen molar-refractivity contribution < 1.29 is 22.7 Å². The van der Waals surface area contributed by atoms with Gasteiger partial charge in [-0.1, -0.05) is 12.1 Å². The Bertz CT molecular complexity index is 1050. The van der Waals surface area contributed by atoms with Crippen molar-refractivity contribution in [3.05, 3.63) is 65.0 Å². The number of hydrogen-bond acceptors (Lipinski definition) is 5. The van der Waals surface area contributed by atoms with Crippen molar-refractivity contribution in [3.63, 3.8) is 0 Å². The molecule has 0 aliphatic carbocycles. The van der Waals surface area contributed by atoms with E-state index in [1.54, 1.807) is 25.1 Å². The molecule has 0 radical (unpaired) electrons. The maximum Gasteiger partial charge on any atom is 0.321 e. The predicted molar refractivity (Wildman–Crippen MR) is 110 cm³/mol. The van der Waals surface area contributed by atoms with E-state index in [9.17, 15) is 18.0 Å². The maximum absolute atomic E-state index is 12.4. The molecule has 7 nitrogen and oxygen atoms in total. The van der Waals surface area contributed by atoms with Gasteiger partial charge in [0.15, 0.2) is 6.61 Å². The summed E-state index contributed by atoms with van der Waals surface area (Å²) in [6.07, 6.45) is 1.73. The van der Waals surface area contributed by atoms with Crippen molar-refractivity contribution in [2.24, 2.45) is 0 Å². The van der Waals surface area contributed by atoms with Gasteiger partial charge in [-0.25, -0.2) is 8.42 Å². The summed E-state index contributed by atoms with van der Waals surface area (Å²) in [5.74, 6) is -1.18. The Morgan fingerprint density at radius 1 is 1.14 bits per heavy atom. The molecule has 0 atom stereocenters. The standard InChI is InChI=1S/C21H26N2O5S/c1-6-9-23-16(4)11-19(17(23)5)20(24)13-28-21(25)12-22-29(26,27)18-8-7-14(2)15(3)10-18/h6-8,10-11,22H,1,9,12-13H2,2-5H3. The first-order chi connectivity index (χ1) is 13.6. The molecule has 0 amide bonds. The van der Waals surface area contributed by atoms with Crippen LogP contribution in [0.3, 0.4) is 0 Å². The number of ketones is 1. The zero-order valence-corrected chi connectivity index (χ0v) is 17.9. The van der Waals surface area contributed by atoms with Crippen LogP contribution in [0.15, 0.2) is 41.8 Å². The highest BCUT2D eigenvalue weighted by molar-refractivity contribution is 7.89. The number of ether oxygens (including phenoxy) is 1. The number of carbonyl (C=O) groups excluding carboxylic acids is 2. The molecule has 0 saturated carbocycles. The molecule has 1 N–H and O–H groups in total. The third-order valence-corrected chi connectivity index (χ3v) is 6.14. The summed E-state index contributed by atoms with van der Waals surface area (Å²) in [6, 6.07) is 6.44. The van der Waals surface area contributed by atoms with Crippen LogP contribution >= 0.6 is 0 Å². The van der Waals surface area contributed by atoms with Gasteiger partial charge in [-0.3, -0.25) is 9.59 Å². The van der Waals surface area contributed by atoms with Gasteiger partial charge in [0.05, 0.1) is 4.90 Å². The quantitative estimate of drug-likeness (QED) is 0.384. The second-order valence-corrected chi connectivity index (χ2v) is 8.61. The molecule has 0 fully saturated rings. The second-order valence-electron chi connectivity index (χ2n) is 6.84. The fraction of sp³-hybridized carbons (Fsp3) is 0.333. The Morgan fingerprint density at radius 2 is 1.83 bits per heavy atom. The zero-order chi connectivity index (χ0) is 21.8. The highest BCUT2D eigenvalue weighted by Crippen LogP contribution is 2.16. The lowest BCUT2D eigenvalue weighted by molar-refractivity contribution is -0.141. The van der Waals surface area contributed by atoms with Crippen molar-refractivity contribution in [2.75, 3.05) is 13.2 Å². The maximum atomic E-state index is 12.4. The zero-order valence-electron chi connectivity index (χ0n) is 17.1. The summed E-state index contributed by atoms with van der Waals surface area (Å²) < 4.78 is 33.7. The van der Waals surface area contributed by atoms with Crippen molar-refractivity contribution >= 4 is 21.8 Å². The molecule has 0 spiro atoms. The third kappa shape index (κ3) is 5.42. The normalized spacial score (nSPS) is 11.3. The molecular weight excluding hydrogens is 392 g/mol. The number of esters is 1. The van der Waals surface area contributed by atoms with Gasteiger partial charge in [0.25, 0.3) is 0 Å². The monoisotopic (exact) mass is 418 g/mol. The first kappa shape index (κ1) is 22.6. The molecule has 0 aliphatic rings. The van der Waals surface area contributed by atoms with Gasteiger partial charge in [-0.05, 0) is 57.0 Å². The van der Waals surface area contributed by atoms with Gasteiger partial charge in [0.2, 0.25) is 15.8 Å². The molecule has 156 valence electrons. The largest absolute Gasteiger partial charge is 0.456 e. The van der Waals surface area contributed by atoms with Crippen LogP contribution in [0.5, 0.6) is 0 Å². The minimum Gasteiger partial charge on any atom is -0.456 e. The Morgan fingerprint density at radius 3 is 2.45 bits per heavy atom. The van der Waals surface area contributed by atoms with Crippen LogP contribution in [0.2, 0.25) is 0 Å². The van der Waals surface area contributed by atoms with E-state index in [4.69, 9.17) is 4.74 Å². The second kappa shape index (κ2) is 9.19. The average Bonchev–Trinajstić information content (AvgIpc) is 2.95. The molecule has 29 heavy (non-hydrogen) atoms. The highest BCUT2D eigenvalue weighted by Gasteiger charge is 2.19. The molecule has 0 aliphatic heterocycles. The topological polar surface area (TPSA) is 94.5 Å². The molecule has 1 heterocycles. The number of nitrogens with one attached hydrogen (secondary N) is 1. The van der Waals surface area contributed by atoms with Gasteiger partial charge in [0.1, 0.15) is 6.54 Å². The van der Waals surface area contributed by atoms with Gasteiger partial charge < -0.3 is 9.30 Å². The van der Waals surface area contributed by atoms with E-state index in [1.807, 2.05) is 25.3 Å². The number of aryl methyl sites for hydroxylation is 3. The van der Waals surface area contributed by atoms with Crippen LogP contribution < -0.4 is 4.72 Å². The summed E-state index contributed by atoms with van der Waals surface area (Å²) in [5.41, 5.74) is 3.93. The molecule has 1 aromatic heterocycles. The fourth-order valence-electron chi connectivity index (χ4n) is 2.89. The molecule has 8 heteroatoms. The highest BCUT2D eigenvalue weighted by atomic mass is 32.2. The first-order valence-electron chi connectivity index (χ1n) is 9.10. The Hall–Kier alpha value is -2.71. The predicted octanol–water partition coefficient (Wildman–Crippen LogP) is 2.61. The summed E-state index contributed by atoms with van der Waals surface area (Å²) in [7, 11) is -3.85. The molecule has 2 rings (SSSR count). The number of sulfonamides is 1. The van der Waals surface area contributed by atoms with Crippen molar-refractivity contribution in [2.45, 2.75) is 39.1 Å². The van der Waals surface area contributed by atoms with Crippen LogP contribution in [0.25, 0.3) is 0 Å².